The third kappa shape index (κ3) is 2.28. The van der Waals surface area contributed by atoms with Crippen molar-refractivity contribution in [3.05, 3.63) is 51.0 Å². The molecule has 0 fully saturated rings. The summed E-state index contributed by atoms with van der Waals surface area (Å²) in [6.45, 7) is 2.11. The number of aromatic amines is 2. The molecule has 4 heteroatoms. The minimum atomic E-state index is -0.182. The van der Waals surface area contributed by atoms with Gasteiger partial charge in [-0.3, -0.25) is 9.78 Å². The molecule has 0 bridgehead atoms. The molecule has 0 saturated heterocycles. The van der Waals surface area contributed by atoms with E-state index in [1.807, 2.05) is 24.3 Å². The zero-order chi connectivity index (χ0) is 11.5. The smallest absolute Gasteiger partial charge is 0.252 e. The molecule has 0 radical (unpaired) electrons. The van der Waals surface area contributed by atoms with Gasteiger partial charge in [-0.15, -0.1) is 0 Å². The lowest BCUT2D eigenvalue weighted by Gasteiger charge is -2.02. The summed E-state index contributed by atoms with van der Waals surface area (Å²) < 4.78 is 0.349. The molecule has 0 amide bonds. The summed E-state index contributed by atoms with van der Waals surface area (Å²) in [5.74, 6) is 0. The molecule has 0 unspecified atom stereocenters. The Morgan fingerprint density at radius 2 is 1.88 bits per heavy atom. The quantitative estimate of drug-likeness (QED) is 0.782. The van der Waals surface area contributed by atoms with Gasteiger partial charge in [-0.05, 0) is 29.8 Å². The first-order chi connectivity index (χ1) is 7.69. The number of hydrogen-bond donors (Lipinski definition) is 2. The summed E-state index contributed by atoms with van der Waals surface area (Å²) in [5, 5.41) is 0. The number of aromatic nitrogens is 2. The van der Waals surface area contributed by atoms with Crippen molar-refractivity contribution in [1.82, 2.24) is 9.97 Å². The predicted octanol–water partition coefficient (Wildman–Crippen LogP) is 2.66. The second-order valence-corrected chi connectivity index (χ2v) is 3.96. The molecule has 2 N–H and O–H groups in total. The van der Waals surface area contributed by atoms with Crippen molar-refractivity contribution in [3.8, 4) is 11.3 Å². The fraction of sp³-hybridized carbons (Fsp3) is 0.167. The molecule has 0 spiro atoms. The molecule has 3 nitrogen and oxygen atoms in total. The van der Waals surface area contributed by atoms with Gasteiger partial charge in [-0.2, -0.15) is 0 Å². The Morgan fingerprint density at radius 3 is 2.44 bits per heavy atom. The van der Waals surface area contributed by atoms with Gasteiger partial charge >= 0.3 is 0 Å². The molecule has 0 aliphatic heterocycles. The summed E-state index contributed by atoms with van der Waals surface area (Å²) in [7, 11) is 0. The lowest BCUT2D eigenvalue weighted by molar-refractivity contribution is 1.09. The first-order valence-electron chi connectivity index (χ1n) is 5.12. The van der Waals surface area contributed by atoms with E-state index in [4.69, 9.17) is 12.2 Å². The number of rotatable bonds is 2. The molecule has 0 atom stereocenters. The third-order valence-electron chi connectivity index (χ3n) is 2.43. The molecule has 0 aliphatic rings. The molecule has 0 saturated carbocycles. The maximum Gasteiger partial charge on any atom is 0.252 e. The first-order valence-corrected chi connectivity index (χ1v) is 5.53. The van der Waals surface area contributed by atoms with E-state index >= 15 is 0 Å². The Bertz CT molecular complexity index is 567. The summed E-state index contributed by atoms with van der Waals surface area (Å²) in [6.07, 6.45) is 1.01. The van der Waals surface area contributed by atoms with E-state index in [1.165, 1.54) is 11.6 Å². The van der Waals surface area contributed by atoms with Crippen molar-refractivity contribution in [2.45, 2.75) is 13.3 Å². The van der Waals surface area contributed by atoms with Crippen LogP contribution in [0.5, 0.6) is 0 Å². The van der Waals surface area contributed by atoms with E-state index in [1.54, 1.807) is 0 Å². The molecule has 2 rings (SSSR count). The van der Waals surface area contributed by atoms with Crippen LogP contribution in [-0.2, 0) is 6.42 Å². The number of benzene rings is 1. The van der Waals surface area contributed by atoms with Crippen LogP contribution in [0.4, 0.5) is 0 Å². The van der Waals surface area contributed by atoms with Crippen molar-refractivity contribution in [2.75, 3.05) is 0 Å². The number of hydrogen-bond acceptors (Lipinski definition) is 2. The van der Waals surface area contributed by atoms with Crippen LogP contribution in [-0.4, -0.2) is 9.97 Å². The summed E-state index contributed by atoms with van der Waals surface area (Å²) in [6, 6.07) is 9.58. The molecular weight excluding hydrogens is 220 g/mol. The van der Waals surface area contributed by atoms with Gasteiger partial charge in [0.1, 0.15) is 0 Å². The predicted molar refractivity (Wildman–Crippen MR) is 67.1 cm³/mol. The molecule has 82 valence electrons. The van der Waals surface area contributed by atoms with Gasteiger partial charge in [0.05, 0.1) is 5.69 Å². The van der Waals surface area contributed by atoms with Gasteiger partial charge in [0.2, 0.25) is 0 Å². The fourth-order valence-corrected chi connectivity index (χ4v) is 1.75. The standard InChI is InChI=1S/C12H12N2OS/c1-2-8-3-5-9(6-4-8)10-7-11(15)14-12(16)13-10/h3-7H,2H2,1H3,(H2,13,14,15,16). The lowest BCUT2D eigenvalue weighted by Crippen LogP contribution is -2.06. The molecule has 0 aliphatic carbocycles. The van der Waals surface area contributed by atoms with Gasteiger partial charge in [-0.25, -0.2) is 0 Å². The van der Waals surface area contributed by atoms with E-state index in [9.17, 15) is 4.79 Å². The summed E-state index contributed by atoms with van der Waals surface area (Å²) >= 11 is 4.92. The van der Waals surface area contributed by atoms with Crippen LogP contribution in [0, 0.1) is 4.77 Å². The maximum atomic E-state index is 11.3. The molecule has 1 heterocycles. The zero-order valence-electron chi connectivity index (χ0n) is 8.91. The van der Waals surface area contributed by atoms with Crippen LogP contribution in [0.3, 0.4) is 0 Å². The summed E-state index contributed by atoms with van der Waals surface area (Å²) in [5.41, 5.74) is 2.80. The van der Waals surface area contributed by atoms with Crippen LogP contribution in [0.15, 0.2) is 35.1 Å². The highest BCUT2D eigenvalue weighted by atomic mass is 32.1. The topological polar surface area (TPSA) is 48.6 Å². The largest absolute Gasteiger partial charge is 0.332 e. The minimum absolute atomic E-state index is 0.182. The van der Waals surface area contributed by atoms with Gasteiger partial charge in [-0.1, -0.05) is 31.2 Å². The molecular formula is C12H12N2OS. The van der Waals surface area contributed by atoms with Crippen LogP contribution < -0.4 is 5.56 Å². The molecule has 1 aromatic heterocycles. The Balaban J connectivity index is 2.50. The van der Waals surface area contributed by atoms with Crippen LogP contribution >= 0.6 is 12.2 Å². The van der Waals surface area contributed by atoms with Crippen LogP contribution in [0.1, 0.15) is 12.5 Å². The van der Waals surface area contributed by atoms with E-state index < -0.39 is 0 Å². The molecule has 1 aromatic carbocycles. The second kappa shape index (κ2) is 4.45. The lowest BCUT2D eigenvalue weighted by atomic mass is 10.1. The SMILES string of the molecule is CCc1ccc(-c2cc(=O)[nH]c(=S)[nH]2)cc1. The van der Waals surface area contributed by atoms with Gasteiger partial charge < -0.3 is 4.98 Å². The highest BCUT2D eigenvalue weighted by Crippen LogP contribution is 2.15. The zero-order valence-corrected chi connectivity index (χ0v) is 9.73. The molecule has 16 heavy (non-hydrogen) atoms. The van der Waals surface area contributed by atoms with Gasteiger partial charge in [0, 0.05) is 6.07 Å². The fourth-order valence-electron chi connectivity index (χ4n) is 1.54. The average molecular weight is 232 g/mol. The highest BCUT2D eigenvalue weighted by Gasteiger charge is 1.99. The maximum absolute atomic E-state index is 11.3. The van der Waals surface area contributed by atoms with Crippen molar-refractivity contribution >= 4 is 12.2 Å². The van der Waals surface area contributed by atoms with Gasteiger partial charge in [0.15, 0.2) is 4.77 Å². The van der Waals surface area contributed by atoms with Gasteiger partial charge in [0.25, 0.3) is 5.56 Å². The average Bonchev–Trinajstić information content (AvgIpc) is 2.28. The number of aryl methyl sites for hydroxylation is 1. The van der Waals surface area contributed by atoms with Crippen molar-refractivity contribution < 1.29 is 0 Å². The van der Waals surface area contributed by atoms with E-state index in [0.29, 0.717) is 4.77 Å². The normalized spacial score (nSPS) is 10.3. The van der Waals surface area contributed by atoms with Crippen molar-refractivity contribution in [1.29, 1.82) is 0 Å². The number of H-pyrrole nitrogens is 2. The summed E-state index contributed by atoms with van der Waals surface area (Å²) in [4.78, 5) is 16.7. The third-order valence-corrected chi connectivity index (χ3v) is 2.64. The Kier molecular flexibility index (Phi) is 3.01. The monoisotopic (exact) mass is 232 g/mol. The van der Waals surface area contributed by atoms with Crippen LogP contribution in [0.25, 0.3) is 11.3 Å². The Hall–Kier alpha value is -1.68. The van der Waals surface area contributed by atoms with E-state index in [2.05, 4.69) is 16.9 Å². The van der Waals surface area contributed by atoms with Crippen molar-refractivity contribution in [3.63, 3.8) is 0 Å². The Labute approximate surface area is 98.2 Å². The number of nitrogens with one attached hydrogen (secondary N) is 2. The Morgan fingerprint density at radius 1 is 1.19 bits per heavy atom. The minimum Gasteiger partial charge on any atom is -0.332 e. The second-order valence-electron chi connectivity index (χ2n) is 3.55. The molecule has 2 aromatic rings. The van der Waals surface area contributed by atoms with Crippen LogP contribution in [0.2, 0.25) is 0 Å². The van der Waals surface area contributed by atoms with Crippen molar-refractivity contribution in [2.24, 2.45) is 0 Å². The van der Waals surface area contributed by atoms with E-state index in [-0.39, 0.29) is 5.56 Å². The highest BCUT2D eigenvalue weighted by molar-refractivity contribution is 7.71. The van der Waals surface area contributed by atoms with E-state index in [0.717, 1.165) is 17.7 Å². The first kappa shape index (κ1) is 10.8.